The summed E-state index contributed by atoms with van der Waals surface area (Å²) in [5, 5.41) is 9.68. The lowest BCUT2D eigenvalue weighted by Gasteiger charge is -2.39. The SMILES string of the molecule is C[C@@H](O)c1ccc(N2CCN3CCCC3C2)cc1Br. The molecular weight excluding hydrogens is 304 g/mol. The molecular formula is C15H21BrN2O. The maximum absolute atomic E-state index is 9.68. The van der Waals surface area contributed by atoms with Gasteiger partial charge in [0.2, 0.25) is 0 Å². The van der Waals surface area contributed by atoms with Gasteiger partial charge in [-0.3, -0.25) is 4.90 Å². The smallest absolute Gasteiger partial charge is 0.0772 e. The second-order valence-electron chi connectivity index (χ2n) is 5.66. The fourth-order valence-electron chi connectivity index (χ4n) is 3.28. The van der Waals surface area contributed by atoms with Gasteiger partial charge in [0.05, 0.1) is 6.10 Å². The molecule has 3 rings (SSSR count). The van der Waals surface area contributed by atoms with Gasteiger partial charge >= 0.3 is 0 Å². The Labute approximate surface area is 123 Å². The highest BCUT2D eigenvalue weighted by molar-refractivity contribution is 9.10. The molecule has 104 valence electrons. The minimum absolute atomic E-state index is 0.421. The molecule has 2 aliphatic heterocycles. The zero-order valence-electron chi connectivity index (χ0n) is 11.3. The van der Waals surface area contributed by atoms with Gasteiger partial charge in [-0.2, -0.15) is 0 Å². The Bertz CT molecular complexity index is 463. The molecule has 4 heteroatoms. The second kappa shape index (κ2) is 5.43. The fraction of sp³-hybridized carbons (Fsp3) is 0.600. The zero-order valence-corrected chi connectivity index (χ0v) is 12.9. The molecule has 1 aromatic carbocycles. The van der Waals surface area contributed by atoms with Crippen LogP contribution < -0.4 is 4.90 Å². The van der Waals surface area contributed by atoms with Gasteiger partial charge in [-0.25, -0.2) is 0 Å². The van der Waals surface area contributed by atoms with Crippen molar-refractivity contribution in [1.29, 1.82) is 0 Å². The molecule has 2 atom stereocenters. The van der Waals surface area contributed by atoms with E-state index in [-0.39, 0.29) is 0 Å². The van der Waals surface area contributed by atoms with Crippen molar-refractivity contribution in [2.75, 3.05) is 31.1 Å². The number of halogens is 1. The number of anilines is 1. The van der Waals surface area contributed by atoms with Gasteiger partial charge in [-0.15, -0.1) is 0 Å². The Hall–Kier alpha value is -0.580. The van der Waals surface area contributed by atoms with Gasteiger partial charge in [0.25, 0.3) is 0 Å². The molecule has 0 spiro atoms. The summed E-state index contributed by atoms with van der Waals surface area (Å²) in [4.78, 5) is 5.10. The van der Waals surface area contributed by atoms with Crippen LogP contribution >= 0.6 is 15.9 Å². The maximum atomic E-state index is 9.68. The Morgan fingerprint density at radius 2 is 2.16 bits per heavy atom. The molecule has 0 saturated carbocycles. The third kappa shape index (κ3) is 2.67. The van der Waals surface area contributed by atoms with Crippen LogP contribution in [0.3, 0.4) is 0 Å². The van der Waals surface area contributed by atoms with E-state index < -0.39 is 6.10 Å². The van der Waals surface area contributed by atoms with E-state index in [4.69, 9.17) is 0 Å². The van der Waals surface area contributed by atoms with E-state index in [2.05, 4.69) is 37.9 Å². The number of fused-ring (bicyclic) bond motifs is 1. The summed E-state index contributed by atoms with van der Waals surface area (Å²) in [7, 11) is 0. The molecule has 19 heavy (non-hydrogen) atoms. The fourth-order valence-corrected chi connectivity index (χ4v) is 3.98. The summed E-state index contributed by atoms with van der Waals surface area (Å²) < 4.78 is 1.01. The molecule has 0 amide bonds. The number of benzene rings is 1. The normalized spacial score (nSPS) is 25.4. The first-order valence-corrected chi connectivity index (χ1v) is 7.91. The minimum Gasteiger partial charge on any atom is -0.389 e. The van der Waals surface area contributed by atoms with Gasteiger partial charge in [-0.1, -0.05) is 22.0 Å². The summed E-state index contributed by atoms with van der Waals surface area (Å²) in [6, 6.07) is 7.05. The molecule has 0 aromatic heterocycles. The van der Waals surface area contributed by atoms with Crippen molar-refractivity contribution in [2.24, 2.45) is 0 Å². The highest BCUT2D eigenvalue weighted by atomic mass is 79.9. The number of nitrogens with zero attached hydrogens (tertiary/aromatic N) is 2. The summed E-state index contributed by atoms with van der Waals surface area (Å²) in [5.41, 5.74) is 2.23. The lowest BCUT2D eigenvalue weighted by molar-refractivity contribution is 0.198. The average Bonchev–Trinajstić information content (AvgIpc) is 2.85. The van der Waals surface area contributed by atoms with E-state index in [1.165, 1.54) is 31.6 Å². The number of aliphatic hydroxyl groups is 1. The first kappa shape index (κ1) is 13.4. The number of piperazine rings is 1. The van der Waals surface area contributed by atoms with Crippen LogP contribution in [0.25, 0.3) is 0 Å². The molecule has 2 aliphatic rings. The van der Waals surface area contributed by atoms with Crippen LogP contribution in [0.5, 0.6) is 0 Å². The van der Waals surface area contributed by atoms with Gasteiger partial charge in [0.15, 0.2) is 0 Å². The van der Waals surface area contributed by atoms with Crippen LogP contribution in [-0.2, 0) is 0 Å². The summed E-state index contributed by atoms with van der Waals surface area (Å²) in [6.07, 6.45) is 2.27. The third-order valence-corrected chi connectivity index (χ3v) is 5.07. The van der Waals surface area contributed by atoms with Crippen molar-refractivity contribution in [3.8, 4) is 0 Å². The maximum Gasteiger partial charge on any atom is 0.0772 e. The standard InChI is InChI=1S/C15H21BrN2O/c1-11(19)14-5-4-12(9-15(14)16)18-8-7-17-6-2-3-13(17)10-18/h4-5,9,11,13,19H,2-3,6-8,10H2,1H3/t11-,13?/m1/s1. The van der Waals surface area contributed by atoms with Crippen molar-refractivity contribution in [1.82, 2.24) is 4.90 Å². The number of rotatable bonds is 2. The first-order chi connectivity index (χ1) is 9.15. The summed E-state index contributed by atoms with van der Waals surface area (Å²) in [5.74, 6) is 0. The number of aliphatic hydroxyl groups excluding tert-OH is 1. The minimum atomic E-state index is -0.421. The highest BCUT2D eigenvalue weighted by Crippen LogP contribution is 2.30. The number of hydrogen-bond donors (Lipinski definition) is 1. The van der Waals surface area contributed by atoms with Crippen LogP contribution in [0, 0.1) is 0 Å². The van der Waals surface area contributed by atoms with E-state index in [0.29, 0.717) is 0 Å². The molecule has 2 saturated heterocycles. The van der Waals surface area contributed by atoms with E-state index in [0.717, 1.165) is 29.2 Å². The predicted molar refractivity (Wildman–Crippen MR) is 81.6 cm³/mol. The summed E-state index contributed by atoms with van der Waals surface area (Å²) >= 11 is 3.57. The van der Waals surface area contributed by atoms with Gasteiger partial charge in [0, 0.05) is 35.8 Å². The van der Waals surface area contributed by atoms with Gasteiger partial charge < -0.3 is 10.0 Å². The highest BCUT2D eigenvalue weighted by Gasteiger charge is 2.30. The van der Waals surface area contributed by atoms with Crippen LogP contribution in [0.2, 0.25) is 0 Å². The molecule has 1 aromatic rings. The van der Waals surface area contributed by atoms with E-state index in [1.54, 1.807) is 6.92 Å². The van der Waals surface area contributed by atoms with Crippen LogP contribution in [-0.4, -0.2) is 42.2 Å². The molecule has 1 unspecified atom stereocenters. The molecule has 0 bridgehead atoms. The Kier molecular flexibility index (Phi) is 3.83. The number of hydrogen-bond acceptors (Lipinski definition) is 3. The van der Waals surface area contributed by atoms with E-state index in [1.807, 2.05) is 6.07 Å². The van der Waals surface area contributed by atoms with Crippen molar-refractivity contribution < 1.29 is 5.11 Å². The van der Waals surface area contributed by atoms with Crippen molar-refractivity contribution in [3.05, 3.63) is 28.2 Å². The van der Waals surface area contributed by atoms with E-state index in [9.17, 15) is 5.11 Å². The van der Waals surface area contributed by atoms with Crippen LogP contribution in [0.4, 0.5) is 5.69 Å². The van der Waals surface area contributed by atoms with Crippen LogP contribution in [0.1, 0.15) is 31.4 Å². The Morgan fingerprint density at radius 3 is 2.89 bits per heavy atom. The molecule has 0 aliphatic carbocycles. The topological polar surface area (TPSA) is 26.7 Å². The zero-order chi connectivity index (χ0) is 13.4. The quantitative estimate of drug-likeness (QED) is 0.906. The first-order valence-electron chi connectivity index (χ1n) is 7.11. The van der Waals surface area contributed by atoms with Gasteiger partial charge in [0.1, 0.15) is 0 Å². The molecule has 1 N–H and O–H groups in total. The second-order valence-corrected chi connectivity index (χ2v) is 6.51. The molecule has 2 heterocycles. The molecule has 2 fully saturated rings. The van der Waals surface area contributed by atoms with Crippen molar-refractivity contribution in [3.63, 3.8) is 0 Å². The third-order valence-electron chi connectivity index (χ3n) is 4.39. The molecule has 3 nitrogen and oxygen atoms in total. The summed E-state index contributed by atoms with van der Waals surface area (Å²) in [6.45, 7) is 6.51. The Morgan fingerprint density at radius 1 is 1.32 bits per heavy atom. The lowest BCUT2D eigenvalue weighted by Crippen LogP contribution is -2.50. The predicted octanol–water partition coefficient (Wildman–Crippen LogP) is 2.79. The monoisotopic (exact) mass is 324 g/mol. The Balaban J connectivity index is 1.77. The molecule has 0 radical (unpaired) electrons. The van der Waals surface area contributed by atoms with Crippen LogP contribution in [0.15, 0.2) is 22.7 Å². The van der Waals surface area contributed by atoms with Gasteiger partial charge in [-0.05, 0) is 44.0 Å². The lowest BCUT2D eigenvalue weighted by atomic mass is 10.1. The van der Waals surface area contributed by atoms with Crippen molar-refractivity contribution >= 4 is 21.6 Å². The average molecular weight is 325 g/mol. The largest absolute Gasteiger partial charge is 0.389 e. The van der Waals surface area contributed by atoms with Crippen molar-refractivity contribution in [2.45, 2.75) is 31.9 Å². The van der Waals surface area contributed by atoms with E-state index >= 15 is 0 Å².